The van der Waals surface area contributed by atoms with Crippen molar-refractivity contribution in [2.24, 2.45) is 0 Å². The molecule has 4 amide bonds. The number of hydrogen-bond donors (Lipinski definition) is 1. The number of amides is 4. The summed E-state index contributed by atoms with van der Waals surface area (Å²) < 4.78 is 11.6. The molecule has 188 valence electrons. The van der Waals surface area contributed by atoms with Crippen molar-refractivity contribution >= 4 is 63.1 Å². The van der Waals surface area contributed by atoms with Crippen LogP contribution < -0.4 is 15.0 Å². The van der Waals surface area contributed by atoms with E-state index in [1.54, 1.807) is 43.3 Å². The van der Waals surface area contributed by atoms with E-state index in [0.717, 1.165) is 10.5 Å². The number of benzene rings is 3. The molecular formula is C27H20BrClN2O6. The lowest BCUT2D eigenvalue weighted by Crippen LogP contribution is -2.54. The molecule has 0 atom stereocenters. The molecule has 1 heterocycles. The fourth-order valence-electron chi connectivity index (χ4n) is 3.56. The van der Waals surface area contributed by atoms with Gasteiger partial charge in [0.15, 0.2) is 0 Å². The molecule has 1 saturated heterocycles. The van der Waals surface area contributed by atoms with Crippen LogP contribution in [-0.2, 0) is 20.9 Å². The number of anilines is 1. The quantitative estimate of drug-likeness (QED) is 0.223. The van der Waals surface area contributed by atoms with Gasteiger partial charge in [0, 0.05) is 15.1 Å². The lowest BCUT2D eigenvalue weighted by Gasteiger charge is -2.26. The molecule has 0 aliphatic carbocycles. The van der Waals surface area contributed by atoms with Crippen LogP contribution in [0.15, 0.2) is 76.8 Å². The van der Waals surface area contributed by atoms with Crippen LogP contribution in [0, 0.1) is 0 Å². The van der Waals surface area contributed by atoms with Crippen molar-refractivity contribution in [1.29, 1.82) is 0 Å². The first-order chi connectivity index (χ1) is 17.8. The minimum atomic E-state index is -0.900. The van der Waals surface area contributed by atoms with E-state index in [2.05, 4.69) is 21.2 Å². The van der Waals surface area contributed by atoms with Crippen molar-refractivity contribution in [3.63, 3.8) is 0 Å². The number of esters is 1. The summed E-state index contributed by atoms with van der Waals surface area (Å²) in [5.74, 6) is -1.77. The number of halogens is 2. The number of barbiturate groups is 1. The number of carbonyl (C=O) groups is 4. The molecule has 0 saturated carbocycles. The van der Waals surface area contributed by atoms with E-state index in [0.29, 0.717) is 20.8 Å². The number of ether oxygens (including phenoxy) is 2. The third kappa shape index (κ3) is 6.07. The van der Waals surface area contributed by atoms with Gasteiger partial charge in [-0.1, -0.05) is 39.7 Å². The first kappa shape index (κ1) is 26.1. The number of rotatable bonds is 7. The Morgan fingerprint density at radius 2 is 1.81 bits per heavy atom. The van der Waals surface area contributed by atoms with Gasteiger partial charge in [-0.15, -0.1) is 0 Å². The van der Waals surface area contributed by atoms with Gasteiger partial charge in [0.25, 0.3) is 11.8 Å². The summed E-state index contributed by atoms with van der Waals surface area (Å²) in [5, 5.41) is 2.76. The van der Waals surface area contributed by atoms with Crippen LogP contribution in [0.4, 0.5) is 10.5 Å². The van der Waals surface area contributed by atoms with E-state index < -0.39 is 23.8 Å². The largest absolute Gasteiger partial charge is 0.488 e. The van der Waals surface area contributed by atoms with E-state index in [-0.39, 0.29) is 30.0 Å². The molecule has 3 aromatic rings. The normalized spacial score (nSPS) is 14.5. The summed E-state index contributed by atoms with van der Waals surface area (Å²) in [6.07, 6.45) is 1.36. The topological polar surface area (TPSA) is 102 Å². The van der Waals surface area contributed by atoms with Crippen molar-refractivity contribution in [2.45, 2.75) is 13.5 Å². The Hall–Kier alpha value is -3.95. The van der Waals surface area contributed by atoms with Gasteiger partial charge in [-0.05, 0) is 73.2 Å². The van der Waals surface area contributed by atoms with Gasteiger partial charge in [0.2, 0.25) is 0 Å². The number of nitrogens with one attached hydrogen (secondary N) is 1. The molecule has 1 aliphatic rings. The maximum absolute atomic E-state index is 13.3. The minimum Gasteiger partial charge on any atom is -0.488 e. The van der Waals surface area contributed by atoms with Gasteiger partial charge >= 0.3 is 12.0 Å². The number of urea groups is 1. The number of carbonyl (C=O) groups excluding carboxylic acids is 4. The summed E-state index contributed by atoms with van der Waals surface area (Å²) in [4.78, 5) is 51.3. The lowest BCUT2D eigenvalue weighted by atomic mass is 10.1. The molecule has 0 unspecified atom stereocenters. The van der Waals surface area contributed by atoms with Crippen LogP contribution in [-0.4, -0.2) is 30.4 Å². The number of hydrogen-bond acceptors (Lipinski definition) is 6. The second-order valence-electron chi connectivity index (χ2n) is 7.83. The highest BCUT2D eigenvalue weighted by atomic mass is 79.9. The number of imide groups is 2. The zero-order valence-corrected chi connectivity index (χ0v) is 21.8. The highest BCUT2D eigenvalue weighted by molar-refractivity contribution is 9.10. The predicted molar refractivity (Wildman–Crippen MR) is 141 cm³/mol. The Morgan fingerprint density at radius 1 is 1.05 bits per heavy atom. The fourth-order valence-corrected chi connectivity index (χ4v) is 4.15. The maximum atomic E-state index is 13.3. The van der Waals surface area contributed by atoms with Crippen molar-refractivity contribution < 1.29 is 28.7 Å². The van der Waals surface area contributed by atoms with Gasteiger partial charge in [-0.2, -0.15) is 0 Å². The van der Waals surface area contributed by atoms with Crippen LogP contribution >= 0.6 is 27.5 Å². The van der Waals surface area contributed by atoms with Gasteiger partial charge in [0.1, 0.15) is 17.9 Å². The predicted octanol–water partition coefficient (Wildman–Crippen LogP) is 5.52. The van der Waals surface area contributed by atoms with Gasteiger partial charge in [0.05, 0.1) is 17.9 Å². The SMILES string of the molecule is CCOC(=O)c1ccc(N2C(=O)NC(=O)/C(=C\c3cc(Br)ccc3OCc3cccc(Cl)c3)C2=O)cc1. The summed E-state index contributed by atoms with van der Waals surface area (Å²) >= 11 is 9.44. The molecular weight excluding hydrogens is 564 g/mol. The van der Waals surface area contributed by atoms with Crippen molar-refractivity contribution in [2.75, 3.05) is 11.5 Å². The highest BCUT2D eigenvalue weighted by Crippen LogP contribution is 2.29. The Kier molecular flexibility index (Phi) is 8.05. The third-order valence-electron chi connectivity index (χ3n) is 5.29. The van der Waals surface area contributed by atoms with E-state index in [1.165, 1.54) is 30.3 Å². The smallest absolute Gasteiger partial charge is 0.338 e. The molecule has 4 rings (SSSR count). The van der Waals surface area contributed by atoms with Crippen LogP contribution in [0.1, 0.15) is 28.4 Å². The second kappa shape index (κ2) is 11.4. The fraction of sp³-hybridized carbons (Fsp3) is 0.111. The summed E-state index contributed by atoms with van der Waals surface area (Å²) in [6.45, 7) is 2.10. The number of nitrogens with zero attached hydrogens (tertiary/aromatic N) is 1. The average molecular weight is 584 g/mol. The molecule has 0 spiro atoms. The van der Waals surface area contributed by atoms with E-state index in [9.17, 15) is 19.2 Å². The van der Waals surface area contributed by atoms with Crippen LogP contribution in [0.2, 0.25) is 5.02 Å². The van der Waals surface area contributed by atoms with Crippen molar-refractivity contribution in [1.82, 2.24) is 5.32 Å². The van der Waals surface area contributed by atoms with Crippen LogP contribution in [0.5, 0.6) is 5.75 Å². The molecule has 0 aromatic heterocycles. The summed E-state index contributed by atoms with van der Waals surface area (Å²) in [6, 6.07) is 17.2. The molecule has 0 radical (unpaired) electrons. The molecule has 8 nitrogen and oxygen atoms in total. The van der Waals surface area contributed by atoms with Gasteiger partial charge < -0.3 is 9.47 Å². The average Bonchev–Trinajstić information content (AvgIpc) is 2.86. The summed E-state index contributed by atoms with van der Waals surface area (Å²) in [5.41, 5.74) is 1.46. The van der Waals surface area contributed by atoms with E-state index in [1.807, 2.05) is 6.07 Å². The van der Waals surface area contributed by atoms with E-state index >= 15 is 0 Å². The third-order valence-corrected chi connectivity index (χ3v) is 6.02. The Balaban J connectivity index is 1.63. The van der Waals surface area contributed by atoms with Gasteiger partial charge in [-0.25, -0.2) is 14.5 Å². The second-order valence-corrected chi connectivity index (χ2v) is 9.18. The Labute approximate surface area is 225 Å². The lowest BCUT2D eigenvalue weighted by molar-refractivity contribution is -0.122. The summed E-state index contributed by atoms with van der Waals surface area (Å²) in [7, 11) is 0. The molecule has 37 heavy (non-hydrogen) atoms. The molecule has 0 bridgehead atoms. The minimum absolute atomic E-state index is 0.181. The molecule has 3 aromatic carbocycles. The monoisotopic (exact) mass is 582 g/mol. The molecule has 10 heteroatoms. The van der Waals surface area contributed by atoms with E-state index in [4.69, 9.17) is 21.1 Å². The molecule has 1 N–H and O–H groups in total. The first-order valence-electron chi connectivity index (χ1n) is 11.1. The zero-order valence-electron chi connectivity index (χ0n) is 19.5. The van der Waals surface area contributed by atoms with Crippen LogP contribution in [0.25, 0.3) is 6.08 Å². The zero-order chi connectivity index (χ0) is 26.5. The van der Waals surface area contributed by atoms with Crippen molar-refractivity contribution in [3.8, 4) is 5.75 Å². The molecule has 1 aliphatic heterocycles. The van der Waals surface area contributed by atoms with Gasteiger partial charge in [-0.3, -0.25) is 14.9 Å². The Bertz CT molecular complexity index is 1420. The molecule has 1 fully saturated rings. The maximum Gasteiger partial charge on any atom is 0.338 e. The highest BCUT2D eigenvalue weighted by Gasteiger charge is 2.37. The van der Waals surface area contributed by atoms with Crippen LogP contribution in [0.3, 0.4) is 0 Å². The Morgan fingerprint density at radius 3 is 2.51 bits per heavy atom. The standard InChI is InChI=1S/C27H20BrClN2O6/c1-2-36-26(34)17-6-9-21(10-7-17)31-25(33)22(24(32)30-27(31)35)14-18-13-19(28)8-11-23(18)37-15-16-4-3-5-20(29)12-16/h3-14H,2,15H2,1H3,(H,30,32,35)/b22-14+. The first-order valence-corrected chi connectivity index (χ1v) is 12.3. The van der Waals surface area contributed by atoms with Crippen molar-refractivity contribution in [3.05, 3.63) is 98.5 Å².